The lowest BCUT2D eigenvalue weighted by molar-refractivity contribution is 0.181. The van der Waals surface area contributed by atoms with Gasteiger partial charge in [0.05, 0.1) is 6.10 Å². The van der Waals surface area contributed by atoms with Gasteiger partial charge in [-0.1, -0.05) is 22.0 Å². The van der Waals surface area contributed by atoms with E-state index in [2.05, 4.69) is 15.9 Å². The Balaban J connectivity index is 1.87. The summed E-state index contributed by atoms with van der Waals surface area (Å²) in [7, 11) is 0. The number of hydrogen-bond acceptors (Lipinski definition) is 2. The van der Waals surface area contributed by atoms with E-state index in [0.717, 1.165) is 10.1 Å². The average Bonchev–Trinajstić information content (AvgIpc) is 2.85. The first kappa shape index (κ1) is 14.6. The molecule has 0 amide bonds. The van der Waals surface area contributed by atoms with Gasteiger partial charge in [-0.05, 0) is 47.3 Å². The smallest absolute Gasteiger partial charge is 0.127 e. The lowest BCUT2D eigenvalue weighted by atomic mass is 10.1. The number of benzene rings is 2. The molecule has 1 nitrogen and oxygen atoms in total. The quantitative estimate of drug-likeness (QED) is 0.671. The Hall–Kier alpha value is -1.30. The molecule has 0 saturated carbocycles. The van der Waals surface area contributed by atoms with Crippen LogP contribution in [0.5, 0.6) is 0 Å². The molecule has 21 heavy (non-hydrogen) atoms. The largest absolute Gasteiger partial charge is 0.387 e. The highest BCUT2D eigenvalue weighted by molar-refractivity contribution is 9.10. The molecule has 1 aromatic heterocycles. The second kappa shape index (κ2) is 5.83. The van der Waals surface area contributed by atoms with Gasteiger partial charge in [0, 0.05) is 20.5 Å². The highest BCUT2D eigenvalue weighted by Gasteiger charge is 2.15. The van der Waals surface area contributed by atoms with Gasteiger partial charge < -0.3 is 5.11 Å². The van der Waals surface area contributed by atoms with Gasteiger partial charge in [-0.25, -0.2) is 8.78 Å². The summed E-state index contributed by atoms with van der Waals surface area (Å²) in [6.45, 7) is 0. The molecule has 0 saturated heterocycles. The third-order valence-electron chi connectivity index (χ3n) is 3.25. The van der Waals surface area contributed by atoms with Crippen LogP contribution in [0.1, 0.15) is 16.5 Å². The Morgan fingerprint density at radius 1 is 1.10 bits per heavy atom. The van der Waals surface area contributed by atoms with Gasteiger partial charge in [-0.3, -0.25) is 0 Å². The van der Waals surface area contributed by atoms with Crippen LogP contribution in [-0.4, -0.2) is 5.11 Å². The van der Waals surface area contributed by atoms with E-state index < -0.39 is 6.10 Å². The molecule has 3 aromatic rings. The molecule has 0 radical (unpaired) electrons. The number of aliphatic hydroxyl groups is 1. The van der Waals surface area contributed by atoms with Gasteiger partial charge in [-0.15, -0.1) is 11.3 Å². The van der Waals surface area contributed by atoms with Gasteiger partial charge in [0.15, 0.2) is 0 Å². The van der Waals surface area contributed by atoms with Gasteiger partial charge in [0.2, 0.25) is 0 Å². The summed E-state index contributed by atoms with van der Waals surface area (Å²) in [6.07, 6.45) is -0.616. The maximum absolute atomic E-state index is 13.8. The molecule has 0 aliphatic rings. The van der Waals surface area contributed by atoms with E-state index in [0.29, 0.717) is 14.9 Å². The van der Waals surface area contributed by atoms with Crippen molar-refractivity contribution in [1.82, 2.24) is 0 Å². The summed E-state index contributed by atoms with van der Waals surface area (Å²) < 4.78 is 28.5. The van der Waals surface area contributed by atoms with Crippen molar-refractivity contribution in [2.75, 3.05) is 0 Å². The fraction of sp³-hybridized carbons (Fsp3) is 0.125. The highest BCUT2D eigenvalue weighted by atomic mass is 79.9. The van der Waals surface area contributed by atoms with Crippen molar-refractivity contribution in [3.05, 3.63) is 69.0 Å². The van der Waals surface area contributed by atoms with Gasteiger partial charge in [0.25, 0.3) is 0 Å². The molecule has 0 aliphatic carbocycles. The Kier molecular flexibility index (Phi) is 4.06. The van der Waals surface area contributed by atoms with Crippen LogP contribution >= 0.6 is 27.3 Å². The van der Waals surface area contributed by atoms with Crippen molar-refractivity contribution < 1.29 is 13.9 Å². The predicted octanol–water partition coefficient (Wildman–Crippen LogP) is 5.22. The Labute approximate surface area is 133 Å². The summed E-state index contributed by atoms with van der Waals surface area (Å²) in [5.74, 6) is -0.657. The number of fused-ring (bicyclic) bond motifs is 1. The topological polar surface area (TPSA) is 20.2 Å². The van der Waals surface area contributed by atoms with Gasteiger partial charge in [-0.2, -0.15) is 0 Å². The Morgan fingerprint density at radius 2 is 1.90 bits per heavy atom. The molecule has 5 heteroatoms. The molecule has 1 atom stereocenters. The van der Waals surface area contributed by atoms with Crippen LogP contribution in [0.15, 0.2) is 46.9 Å². The number of halogens is 3. The molecule has 108 valence electrons. The van der Waals surface area contributed by atoms with E-state index in [1.54, 1.807) is 24.3 Å². The molecule has 0 spiro atoms. The van der Waals surface area contributed by atoms with E-state index in [-0.39, 0.29) is 18.1 Å². The van der Waals surface area contributed by atoms with Gasteiger partial charge >= 0.3 is 0 Å². The van der Waals surface area contributed by atoms with Crippen molar-refractivity contribution in [3.63, 3.8) is 0 Å². The number of rotatable bonds is 3. The zero-order valence-electron chi connectivity index (χ0n) is 10.8. The van der Waals surface area contributed by atoms with Crippen LogP contribution in [0.3, 0.4) is 0 Å². The first-order valence-electron chi connectivity index (χ1n) is 6.34. The minimum atomic E-state index is -0.805. The monoisotopic (exact) mass is 368 g/mol. The second-order valence-corrected chi connectivity index (χ2v) is 6.82. The van der Waals surface area contributed by atoms with Crippen molar-refractivity contribution in [3.8, 4) is 0 Å². The minimum Gasteiger partial charge on any atom is -0.387 e. The van der Waals surface area contributed by atoms with Crippen LogP contribution in [0.4, 0.5) is 8.78 Å². The normalized spacial score (nSPS) is 12.8. The van der Waals surface area contributed by atoms with E-state index in [1.807, 2.05) is 0 Å². The maximum Gasteiger partial charge on any atom is 0.127 e. The van der Waals surface area contributed by atoms with Crippen molar-refractivity contribution in [1.29, 1.82) is 0 Å². The third-order valence-corrected chi connectivity index (χ3v) is 4.96. The molecule has 0 fully saturated rings. The fourth-order valence-electron chi connectivity index (χ4n) is 2.20. The highest BCUT2D eigenvalue weighted by Crippen LogP contribution is 2.32. The standard InChI is InChI=1S/C16H11BrF2OS/c17-11-2-1-9(13(19)8-11)6-14(20)16-7-10-5-12(18)3-4-15(10)21-16/h1-5,7-8,14,20H,6H2. The SMILES string of the molecule is OC(Cc1ccc(Br)cc1F)c1cc2cc(F)ccc2s1. The first-order chi connectivity index (χ1) is 10.0. The lowest BCUT2D eigenvalue weighted by Crippen LogP contribution is -2.01. The summed E-state index contributed by atoms with van der Waals surface area (Å²) in [6, 6.07) is 11.0. The van der Waals surface area contributed by atoms with Crippen LogP contribution in [-0.2, 0) is 6.42 Å². The Bertz CT molecular complexity index is 800. The van der Waals surface area contributed by atoms with Gasteiger partial charge in [0.1, 0.15) is 11.6 Å². The zero-order valence-corrected chi connectivity index (χ0v) is 13.2. The predicted molar refractivity (Wildman–Crippen MR) is 84.5 cm³/mol. The van der Waals surface area contributed by atoms with Crippen molar-refractivity contribution in [2.45, 2.75) is 12.5 Å². The van der Waals surface area contributed by atoms with Crippen LogP contribution in [0.2, 0.25) is 0 Å². The molecule has 1 N–H and O–H groups in total. The summed E-state index contributed by atoms with van der Waals surface area (Å²) in [4.78, 5) is 0.706. The van der Waals surface area contributed by atoms with Crippen LogP contribution in [0, 0.1) is 11.6 Å². The molecule has 0 bridgehead atoms. The molecular formula is C16H11BrF2OS. The van der Waals surface area contributed by atoms with E-state index in [9.17, 15) is 13.9 Å². The summed E-state index contributed by atoms with van der Waals surface area (Å²) in [5.41, 5.74) is 0.453. The Morgan fingerprint density at radius 3 is 2.67 bits per heavy atom. The van der Waals surface area contributed by atoms with Crippen molar-refractivity contribution in [2.24, 2.45) is 0 Å². The average molecular weight is 369 g/mol. The lowest BCUT2D eigenvalue weighted by Gasteiger charge is -2.09. The first-order valence-corrected chi connectivity index (χ1v) is 7.95. The molecule has 0 aliphatic heterocycles. The maximum atomic E-state index is 13.8. The number of hydrogen-bond donors (Lipinski definition) is 1. The minimum absolute atomic E-state index is 0.189. The number of aliphatic hydroxyl groups excluding tert-OH is 1. The summed E-state index contributed by atoms with van der Waals surface area (Å²) >= 11 is 4.60. The number of thiophene rings is 1. The summed E-state index contributed by atoms with van der Waals surface area (Å²) in [5, 5.41) is 11.0. The van der Waals surface area contributed by atoms with E-state index in [4.69, 9.17) is 0 Å². The molecule has 1 unspecified atom stereocenters. The molecule has 3 rings (SSSR count). The second-order valence-electron chi connectivity index (χ2n) is 4.79. The molecule has 2 aromatic carbocycles. The molecular weight excluding hydrogens is 358 g/mol. The third kappa shape index (κ3) is 3.15. The van der Waals surface area contributed by atoms with E-state index in [1.165, 1.54) is 29.5 Å². The fourth-order valence-corrected chi connectivity index (χ4v) is 3.56. The van der Waals surface area contributed by atoms with Crippen LogP contribution < -0.4 is 0 Å². The zero-order chi connectivity index (χ0) is 15.0. The van der Waals surface area contributed by atoms with Crippen LogP contribution in [0.25, 0.3) is 10.1 Å². The van der Waals surface area contributed by atoms with E-state index >= 15 is 0 Å². The van der Waals surface area contributed by atoms with Crippen molar-refractivity contribution >= 4 is 37.4 Å². The molecule has 1 heterocycles.